The number of hydrogen-bond donors (Lipinski definition) is 6. The molecule has 0 unspecified atom stereocenters. The molecule has 0 saturated carbocycles. The molecule has 0 spiro atoms. The van der Waals surface area contributed by atoms with Crippen LogP contribution in [0, 0.1) is 0 Å². The molecule has 0 heterocycles. The number of hydrogen-bond acceptors (Lipinski definition) is 2. The lowest BCUT2D eigenvalue weighted by molar-refractivity contribution is 0.674. The normalized spacial score (nSPS) is 13.2. The summed E-state index contributed by atoms with van der Waals surface area (Å²) in [6.07, 6.45) is 4.43. The predicted molar refractivity (Wildman–Crippen MR) is 82.8 cm³/mol. The van der Waals surface area contributed by atoms with Crippen molar-refractivity contribution in [2.24, 2.45) is 48.7 Å². The second-order valence-corrected chi connectivity index (χ2v) is 3.92. The molecule has 0 saturated heterocycles. The van der Waals surface area contributed by atoms with E-state index in [1.54, 1.807) is 0 Å². The lowest BCUT2D eigenvalue weighted by atomic mass is 10.2. The van der Waals surface area contributed by atoms with Gasteiger partial charge in [-0.3, -0.25) is 4.99 Å². The number of nitrogens with one attached hydrogen (secondary N) is 1. The average Bonchev–Trinajstić information content (AvgIpc) is 2.35. The van der Waals surface area contributed by atoms with Crippen LogP contribution in [-0.2, 0) is 0 Å². The van der Waals surface area contributed by atoms with E-state index in [2.05, 4.69) is 32.4 Å². The van der Waals surface area contributed by atoms with Gasteiger partial charge < -0.3 is 28.7 Å². The monoisotopic (exact) mass is 284 g/mol. The fourth-order valence-corrected chi connectivity index (χ4v) is 1.19. The quantitative estimate of drug-likeness (QED) is 0.145. The molecular formula is C10H24N10. The van der Waals surface area contributed by atoms with Gasteiger partial charge in [-0.2, -0.15) is 9.98 Å². The summed E-state index contributed by atoms with van der Waals surface area (Å²) in [5, 5.41) is 3.57. The van der Waals surface area contributed by atoms with Crippen molar-refractivity contribution in [3.05, 3.63) is 0 Å². The Morgan fingerprint density at radius 1 is 0.900 bits per heavy atom. The Balaban J connectivity index is 4.22. The first-order chi connectivity index (χ1) is 9.45. The van der Waals surface area contributed by atoms with Gasteiger partial charge in [0.2, 0.25) is 17.9 Å². The average molecular weight is 284 g/mol. The molecule has 0 aromatic rings. The van der Waals surface area contributed by atoms with E-state index < -0.39 is 0 Å². The second-order valence-electron chi connectivity index (χ2n) is 3.92. The van der Waals surface area contributed by atoms with Crippen molar-refractivity contribution in [3.63, 3.8) is 0 Å². The van der Waals surface area contributed by atoms with Gasteiger partial charge in [-0.15, -0.1) is 5.10 Å². The molecule has 20 heavy (non-hydrogen) atoms. The summed E-state index contributed by atoms with van der Waals surface area (Å²) in [4.78, 5) is 11.3. The predicted octanol–water partition coefficient (Wildman–Crippen LogP) is -1.71. The highest BCUT2D eigenvalue weighted by molar-refractivity contribution is 5.95. The Morgan fingerprint density at radius 3 is 2.20 bits per heavy atom. The lowest BCUT2D eigenvalue weighted by Gasteiger charge is -2.00. The van der Waals surface area contributed by atoms with Crippen molar-refractivity contribution in [2.45, 2.75) is 32.6 Å². The van der Waals surface area contributed by atoms with Crippen LogP contribution in [0.25, 0.3) is 0 Å². The first-order valence-corrected chi connectivity index (χ1v) is 6.28. The molecule has 0 fully saturated rings. The maximum atomic E-state index is 5.57. The molecule has 11 N–H and O–H groups in total. The van der Waals surface area contributed by atoms with Crippen molar-refractivity contribution in [1.29, 1.82) is 0 Å². The fourth-order valence-electron chi connectivity index (χ4n) is 1.19. The van der Waals surface area contributed by atoms with Gasteiger partial charge in [0.25, 0.3) is 0 Å². The van der Waals surface area contributed by atoms with E-state index in [1.807, 2.05) is 0 Å². The molecule has 0 aliphatic heterocycles. The van der Waals surface area contributed by atoms with Crippen LogP contribution in [0.4, 0.5) is 0 Å². The fraction of sp³-hybridized carbons (Fsp3) is 0.600. The van der Waals surface area contributed by atoms with Gasteiger partial charge in [0, 0.05) is 6.54 Å². The van der Waals surface area contributed by atoms with Crippen LogP contribution in [0.1, 0.15) is 32.6 Å². The Labute approximate surface area is 118 Å². The third-order valence-electron chi connectivity index (χ3n) is 2.05. The Morgan fingerprint density at radius 2 is 1.60 bits per heavy atom. The van der Waals surface area contributed by atoms with Crippen LogP contribution in [-0.4, -0.2) is 30.4 Å². The van der Waals surface area contributed by atoms with Gasteiger partial charge in [-0.1, -0.05) is 26.2 Å². The number of nitrogens with two attached hydrogens (primary N) is 5. The third-order valence-corrected chi connectivity index (χ3v) is 2.05. The topological polar surface area (TPSA) is 192 Å². The summed E-state index contributed by atoms with van der Waals surface area (Å²) in [5.41, 5.74) is 29.0. The number of nitrogens with zero attached hydrogens (tertiary/aromatic N) is 4. The molecule has 0 aromatic heterocycles. The molecule has 0 aliphatic rings. The van der Waals surface area contributed by atoms with E-state index in [-0.39, 0.29) is 23.8 Å². The van der Waals surface area contributed by atoms with E-state index in [0.29, 0.717) is 6.54 Å². The van der Waals surface area contributed by atoms with Crippen molar-refractivity contribution in [3.8, 4) is 0 Å². The van der Waals surface area contributed by atoms with Gasteiger partial charge in [-0.25, -0.2) is 5.43 Å². The summed E-state index contributed by atoms with van der Waals surface area (Å²) < 4.78 is 0. The number of guanidine groups is 4. The summed E-state index contributed by atoms with van der Waals surface area (Å²) in [7, 11) is 0. The summed E-state index contributed by atoms with van der Waals surface area (Å²) >= 11 is 0. The highest BCUT2D eigenvalue weighted by Gasteiger charge is 1.94. The summed E-state index contributed by atoms with van der Waals surface area (Å²) in [6.45, 7) is 2.75. The van der Waals surface area contributed by atoms with E-state index in [0.717, 1.165) is 12.8 Å². The molecule has 0 amide bonds. The van der Waals surface area contributed by atoms with E-state index in [1.165, 1.54) is 12.8 Å². The van der Waals surface area contributed by atoms with E-state index in [9.17, 15) is 0 Å². The minimum atomic E-state index is -0.211. The Hall–Kier alpha value is -2.52. The van der Waals surface area contributed by atoms with Crippen molar-refractivity contribution >= 4 is 23.8 Å². The van der Waals surface area contributed by atoms with Crippen LogP contribution in [0.3, 0.4) is 0 Å². The number of hydrazone groups is 1. The highest BCUT2D eigenvalue weighted by Crippen LogP contribution is 1.98. The molecule has 0 aromatic carbocycles. The standard InChI is InChI=1S/C10H24N10/c1-2-3-4-5-6-16-8(13)18-10(15)20-19-9(14)17-7(11)12/h2-6H2,1H3,(H6,11,12,14,17,19)(H5,13,15,16,18,20). The molecule has 0 aliphatic carbocycles. The maximum absolute atomic E-state index is 5.57. The molecular weight excluding hydrogens is 260 g/mol. The molecule has 0 radical (unpaired) electrons. The molecule has 10 nitrogen and oxygen atoms in total. The molecule has 10 heteroatoms. The largest absolute Gasteiger partial charge is 0.370 e. The smallest absolute Gasteiger partial charge is 0.240 e. The molecule has 0 bridgehead atoms. The first-order valence-electron chi connectivity index (χ1n) is 6.28. The number of unbranched alkanes of at least 4 members (excludes halogenated alkanes) is 3. The van der Waals surface area contributed by atoms with Gasteiger partial charge in [0.05, 0.1) is 0 Å². The zero-order chi connectivity index (χ0) is 15.4. The third kappa shape index (κ3) is 10.6. The van der Waals surface area contributed by atoms with Crippen LogP contribution >= 0.6 is 0 Å². The zero-order valence-corrected chi connectivity index (χ0v) is 11.7. The Bertz CT molecular complexity index is 391. The number of rotatable bonds is 6. The van der Waals surface area contributed by atoms with Crippen molar-refractivity contribution < 1.29 is 0 Å². The van der Waals surface area contributed by atoms with Crippen LogP contribution in [0.5, 0.6) is 0 Å². The zero-order valence-electron chi connectivity index (χ0n) is 11.7. The lowest BCUT2D eigenvalue weighted by Crippen LogP contribution is -2.33. The van der Waals surface area contributed by atoms with Gasteiger partial charge in [0.15, 0.2) is 5.96 Å². The summed E-state index contributed by atoms with van der Waals surface area (Å²) in [6, 6.07) is 0. The number of aliphatic imine (C=N–C) groups is 3. The molecule has 114 valence electrons. The molecule has 0 rings (SSSR count). The van der Waals surface area contributed by atoms with E-state index >= 15 is 0 Å². The van der Waals surface area contributed by atoms with E-state index in [4.69, 9.17) is 28.7 Å². The second kappa shape index (κ2) is 10.4. The van der Waals surface area contributed by atoms with Crippen molar-refractivity contribution in [1.82, 2.24) is 5.43 Å². The van der Waals surface area contributed by atoms with Crippen LogP contribution in [0.15, 0.2) is 20.1 Å². The Kier molecular flexibility index (Phi) is 9.10. The minimum absolute atomic E-state index is 0.0615. The summed E-state index contributed by atoms with van der Waals surface area (Å²) in [5.74, 6) is -0.384. The van der Waals surface area contributed by atoms with Gasteiger partial charge in [-0.05, 0) is 6.42 Å². The first kappa shape index (κ1) is 17.5. The van der Waals surface area contributed by atoms with Crippen LogP contribution < -0.4 is 34.1 Å². The highest BCUT2D eigenvalue weighted by atomic mass is 15.4. The van der Waals surface area contributed by atoms with Gasteiger partial charge >= 0.3 is 0 Å². The van der Waals surface area contributed by atoms with Gasteiger partial charge in [0.1, 0.15) is 0 Å². The van der Waals surface area contributed by atoms with Crippen LogP contribution in [0.2, 0.25) is 0 Å². The maximum Gasteiger partial charge on any atom is 0.240 e. The van der Waals surface area contributed by atoms with Crippen molar-refractivity contribution in [2.75, 3.05) is 6.54 Å². The molecule has 0 atom stereocenters. The minimum Gasteiger partial charge on any atom is -0.370 e. The SMILES string of the molecule is CCCCCCN=C(N)/N=C(\N)N/N=C(\N)N=C(N)N.